The molecular weight excluding hydrogens is 348 g/mol. The molecule has 1 aromatic carbocycles. The van der Waals surface area contributed by atoms with Crippen molar-refractivity contribution >= 4 is 0 Å². The Morgan fingerprint density at radius 3 is 1.90 bits per heavy atom. The molecule has 3 aliphatic carbocycles. The summed E-state index contributed by atoms with van der Waals surface area (Å²) in [5.41, 5.74) is 10.4. The van der Waals surface area contributed by atoms with Crippen LogP contribution in [0.5, 0.6) is 0 Å². The van der Waals surface area contributed by atoms with Gasteiger partial charge in [-0.25, -0.2) is 0 Å². The largest absolute Gasteiger partial charge is 0.0625 e. The summed E-state index contributed by atoms with van der Waals surface area (Å²) in [5, 5.41) is 0. The van der Waals surface area contributed by atoms with Gasteiger partial charge in [-0.15, -0.1) is 0 Å². The third-order valence-corrected chi connectivity index (χ3v) is 10.8. The molecule has 0 radical (unpaired) electrons. The van der Waals surface area contributed by atoms with E-state index in [1.54, 1.807) is 33.4 Å². The van der Waals surface area contributed by atoms with Crippen molar-refractivity contribution in [1.82, 2.24) is 0 Å². The van der Waals surface area contributed by atoms with Gasteiger partial charge in [0.1, 0.15) is 0 Å². The second-order valence-corrected chi connectivity index (χ2v) is 12.4. The topological polar surface area (TPSA) is 0 Å². The molecule has 0 aliphatic heterocycles. The SMILES string of the molecule is Cc1c(C)c(C)c2c(c1C)C1C(C)CC3(C)C(CC(C)[C@@H]3C(C)C)C1[C@H](C)C2C. The lowest BCUT2D eigenvalue weighted by atomic mass is 9.46. The molecular formula is C29H46. The zero-order chi connectivity index (χ0) is 21.6. The van der Waals surface area contributed by atoms with Crippen LogP contribution < -0.4 is 0 Å². The van der Waals surface area contributed by atoms with Crippen LogP contribution in [0.15, 0.2) is 0 Å². The summed E-state index contributed by atoms with van der Waals surface area (Å²) >= 11 is 0. The van der Waals surface area contributed by atoms with Crippen molar-refractivity contribution in [2.75, 3.05) is 0 Å². The maximum absolute atomic E-state index is 2.70. The second kappa shape index (κ2) is 6.86. The molecule has 0 heteroatoms. The Balaban J connectivity index is 1.92. The molecule has 0 saturated heterocycles. The van der Waals surface area contributed by atoms with Crippen molar-refractivity contribution in [3.8, 4) is 0 Å². The Hall–Kier alpha value is -0.780. The summed E-state index contributed by atoms with van der Waals surface area (Å²) < 4.78 is 0. The number of rotatable bonds is 1. The molecule has 0 heterocycles. The van der Waals surface area contributed by atoms with Gasteiger partial charge < -0.3 is 0 Å². The van der Waals surface area contributed by atoms with Gasteiger partial charge in [0.15, 0.2) is 0 Å². The fourth-order valence-corrected chi connectivity index (χ4v) is 9.62. The van der Waals surface area contributed by atoms with Crippen molar-refractivity contribution < 1.29 is 0 Å². The molecule has 0 amide bonds. The van der Waals surface area contributed by atoms with Gasteiger partial charge in [0, 0.05) is 0 Å². The molecule has 0 N–H and O–H groups in total. The fraction of sp³-hybridized carbons (Fsp3) is 0.793. The Morgan fingerprint density at radius 1 is 0.793 bits per heavy atom. The molecule has 0 spiro atoms. The molecule has 29 heavy (non-hydrogen) atoms. The highest BCUT2D eigenvalue weighted by atomic mass is 14.7. The lowest BCUT2D eigenvalue weighted by Gasteiger charge is -2.58. The maximum atomic E-state index is 2.70. The van der Waals surface area contributed by atoms with E-state index in [9.17, 15) is 0 Å². The Labute approximate surface area is 181 Å². The van der Waals surface area contributed by atoms with Crippen LogP contribution in [0, 0.1) is 74.5 Å². The van der Waals surface area contributed by atoms with E-state index >= 15 is 0 Å². The van der Waals surface area contributed by atoms with Crippen LogP contribution >= 0.6 is 0 Å². The van der Waals surface area contributed by atoms with Gasteiger partial charge in [-0.05, 0) is 133 Å². The molecule has 3 aliphatic rings. The first-order valence-corrected chi connectivity index (χ1v) is 12.5. The molecule has 0 nitrogen and oxygen atoms in total. The summed E-state index contributed by atoms with van der Waals surface area (Å²) in [5.74, 6) is 7.37. The first-order valence-electron chi connectivity index (χ1n) is 12.5. The van der Waals surface area contributed by atoms with Crippen LogP contribution in [-0.2, 0) is 0 Å². The average molecular weight is 395 g/mol. The monoisotopic (exact) mass is 394 g/mol. The van der Waals surface area contributed by atoms with Crippen molar-refractivity contribution in [3.05, 3.63) is 33.4 Å². The number of benzene rings is 1. The number of fused-ring (bicyclic) bond motifs is 5. The van der Waals surface area contributed by atoms with E-state index in [2.05, 4.69) is 76.2 Å². The summed E-state index contributed by atoms with van der Waals surface area (Å²) in [6.45, 7) is 27.6. The minimum absolute atomic E-state index is 0.530. The smallest absolute Gasteiger partial charge is 0.00964 e. The normalized spacial score (nSPS) is 43.9. The predicted molar refractivity (Wildman–Crippen MR) is 127 cm³/mol. The van der Waals surface area contributed by atoms with Crippen LogP contribution in [0.2, 0.25) is 0 Å². The van der Waals surface area contributed by atoms with E-state index in [1.807, 2.05) is 0 Å². The van der Waals surface area contributed by atoms with Crippen LogP contribution in [0.3, 0.4) is 0 Å². The summed E-state index contributed by atoms with van der Waals surface area (Å²) in [7, 11) is 0. The minimum Gasteiger partial charge on any atom is -0.0625 e. The first kappa shape index (κ1) is 21.5. The van der Waals surface area contributed by atoms with Crippen molar-refractivity contribution in [1.29, 1.82) is 0 Å². The summed E-state index contributed by atoms with van der Waals surface area (Å²) in [6.07, 6.45) is 2.89. The van der Waals surface area contributed by atoms with Crippen LogP contribution in [-0.4, -0.2) is 0 Å². The van der Waals surface area contributed by atoms with Gasteiger partial charge in [0.05, 0.1) is 0 Å². The molecule has 162 valence electrons. The minimum atomic E-state index is 0.530. The van der Waals surface area contributed by atoms with Crippen molar-refractivity contribution in [2.45, 2.75) is 101 Å². The summed E-state index contributed by atoms with van der Waals surface area (Å²) in [6, 6.07) is 0. The Kier molecular flexibility index (Phi) is 5.08. The van der Waals surface area contributed by atoms with Gasteiger partial charge in [-0.3, -0.25) is 0 Å². The molecule has 7 unspecified atom stereocenters. The fourth-order valence-electron chi connectivity index (χ4n) is 9.62. The van der Waals surface area contributed by atoms with Gasteiger partial charge in [-0.2, -0.15) is 0 Å². The van der Waals surface area contributed by atoms with Gasteiger partial charge in [-0.1, -0.05) is 48.5 Å². The Morgan fingerprint density at radius 2 is 1.34 bits per heavy atom. The van der Waals surface area contributed by atoms with Crippen LogP contribution in [0.1, 0.15) is 107 Å². The lowest BCUT2D eigenvalue weighted by Crippen LogP contribution is -2.50. The highest BCUT2D eigenvalue weighted by molar-refractivity contribution is 5.55. The van der Waals surface area contributed by atoms with E-state index in [0.717, 1.165) is 47.3 Å². The van der Waals surface area contributed by atoms with Gasteiger partial charge in [0.2, 0.25) is 0 Å². The zero-order valence-electron chi connectivity index (χ0n) is 21.1. The first-order chi connectivity index (χ1) is 13.4. The molecule has 2 fully saturated rings. The predicted octanol–water partition coefficient (Wildman–Crippen LogP) is 8.35. The van der Waals surface area contributed by atoms with Crippen molar-refractivity contribution in [2.24, 2.45) is 46.8 Å². The third-order valence-electron chi connectivity index (χ3n) is 10.8. The molecule has 2 saturated carbocycles. The number of hydrogen-bond acceptors (Lipinski definition) is 0. The average Bonchev–Trinajstić information content (AvgIpc) is 2.90. The van der Waals surface area contributed by atoms with Crippen LogP contribution in [0.4, 0.5) is 0 Å². The van der Waals surface area contributed by atoms with E-state index in [-0.39, 0.29) is 0 Å². The second-order valence-electron chi connectivity index (χ2n) is 12.4. The molecule has 1 aromatic rings. The third kappa shape index (κ3) is 2.69. The molecule has 9 atom stereocenters. The van der Waals surface area contributed by atoms with Gasteiger partial charge >= 0.3 is 0 Å². The van der Waals surface area contributed by atoms with Crippen molar-refractivity contribution in [3.63, 3.8) is 0 Å². The van der Waals surface area contributed by atoms with E-state index in [4.69, 9.17) is 0 Å². The molecule has 0 aromatic heterocycles. The lowest BCUT2D eigenvalue weighted by molar-refractivity contribution is -0.0405. The molecule has 4 rings (SSSR count). The number of hydrogen-bond donors (Lipinski definition) is 0. The Bertz CT molecular complexity index is 814. The highest BCUT2D eigenvalue weighted by Crippen LogP contribution is 2.69. The maximum Gasteiger partial charge on any atom is -0.00964 e. The van der Waals surface area contributed by atoms with E-state index in [0.29, 0.717) is 11.3 Å². The molecule has 0 bridgehead atoms. The standard InChI is InChI=1S/C29H46/c1-14(2)28-15(3)12-23-26-22(10)21(9)25-19(7)17(5)18(6)20(8)27(25)24(26)16(4)13-29(23,28)11/h14-16,21-24,26,28H,12-13H2,1-11H3/t15?,16?,21?,22-,23?,24?,26?,28+,29?/m1/s1. The quantitative estimate of drug-likeness (QED) is 0.449. The van der Waals surface area contributed by atoms with Crippen LogP contribution in [0.25, 0.3) is 0 Å². The summed E-state index contributed by atoms with van der Waals surface area (Å²) in [4.78, 5) is 0. The van der Waals surface area contributed by atoms with Gasteiger partial charge in [0.25, 0.3) is 0 Å². The van der Waals surface area contributed by atoms with E-state index in [1.165, 1.54) is 12.8 Å². The highest BCUT2D eigenvalue weighted by Gasteiger charge is 2.61. The van der Waals surface area contributed by atoms with E-state index < -0.39 is 0 Å². The zero-order valence-corrected chi connectivity index (χ0v) is 21.1.